The number of benzene rings is 2. The Labute approximate surface area is 143 Å². The fraction of sp³-hybridized carbons (Fsp3) is 0.333. The second-order valence-electron chi connectivity index (χ2n) is 6.22. The van der Waals surface area contributed by atoms with Gasteiger partial charge in [-0.25, -0.2) is 13.1 Å². The molecule has 0 spiro atoms. The normalized spacial score (nSPS) is 12.3. The van der Waals surface area contributed by atoms with Gasteiger partial charge in [0.05, 0.1) is 4.90 Å². The maximum atomic E-state index is 12.4. The molecule has 124 valence electrons. The smallest absolute Gasteiger partial charge is 0.207 e. The summed E-state index contributed by atoms with van der Waals surface area (Å²) in [5, 5.41) is 0.591. The van der Waals surface area contributed by atoms with Gasteiger partial charge in [0.2, 0.25) is 10.0 Å². The Hall–Kier alpha value is -1.36. The number of nitrogens with one attached hydrogen (secondary N) is 1. The van der Waals surface area contributed by atoms with Crippen molar-refractivity contribution in [3.05, 3.63) is 64.7 Å². The van der Waals surface area contributed by atoms with E-state index >= 15 is 0 Å². The van der Waals surface area contributed by atoms with Crippen LogP contribution in [0.25, 0.3) is 0 Å². The average molecular weight is 352 g/mol. The Morgan fingerprint density at radius 1 is 1.09 bits per heavy atom. The lowest BCUT2D eigenvalue weighted by Crippen LogP contribution is -2.23. The van der Waals surface area contributed by atoms with Gasteiger partial charge in [-0.1, -0.05) is 56.6 Å². The van der Waals surface area contributed by atoms with Crippen molar-refractivity contribution in [3.8, 4) is 0 Å². The van der Waals surface area contributed by atoms with Gasteiger partial charge in [0.15, 0.2) is 0 Å². The highest BCUT2D eigenvalue weighted by Gasteiger charge is 2.19. The molecule has 2 aromatic rings. The van der Waals surface area contributed by atoms with Gasteiger partial charge < -0.3 is 0 Å². The highest BCUT2D eigenvalue weighted by atomic mass is 35.5. The Morgan fingerprint density at radius 2 is 1.74 bits per heavy atom. The van der Waals surface area contributed by atoms with Crippen LogP contribution in [0, 0.1) is 0 Å². The third-order valence-corrected chi connectivity index (χ3v) is 5.84. The predicted molar refractivity (Wildman–Crippen MR) is 95.2 cm³/mol. The molecule has 23 heavy (non-hydrogen) atoms. The minimum Gasteiger partial charge on any atom is -0.207 e. The van der Waals surface area contributed by atoms with E-state index in [1.165, 1.54) is 0 Å². The van der Waals surface area contributed by atoms with Crippen LogP contribution in [0.1, 0.15) is 38.3 Å². The van der Waals surface area contributed by atoms with Crippen molar-refractivity contribution in [1.29, 1.82) is 0 Å². The second kappa shape index (κ2) is 7.04. The van der Waals surface area contributed by atoms with Crippen LogP contribution in [0.15, 0.2) is 53.4 Å². The van der Waals surface area contributed by atoms with Crippen molar-refractivity contribution in [2.45, 2.75) is 44.0 Å². The summed E-state index contributed by atoms with van der Waals surface area (Å²) in [5.74, 6) is 0. The average Bonchev–Trinajstić information content (AvgIpc) is 2.53. The van der Waals surface area contributed by atoms with E-state index in [1.807, 2.05) is 18.2 Å². The molecule has 3 nitrogen and oxygen atoms in total. The quantitative estimate of drug-likeness (QED) is 0.832. The zero-order chi connectivity index (χ0) is 17.1. The van der Waals surface area contributed by atoms with Crippen LogP contribution in [0.3, 0.4) is 0 Å². The van der Waals surface area contributed by atoms with Gasteiger partial charge in [0, 0.05) is 11.6 Å². The number of sulfonamides is 1. The second-order valence-corrected chi connectivity index (χ2v) is 8.42. The van der Waals surface area contributed by atoms with Crippen LogP contribution in [0.5, 0.6) is 0 Å². The largest absolute Gasteiger partial charge is 0.240 e. The molecule has 0 radical (unpaired) electrons. The molecule has 0 aliphatic carbocycles. The maximum Gasteiger partial charge on any atom is 0.240 e. The molecule has 2 aromatic carbocycles. The molecule has 0 fully saturated rings. The summed E-state index contributed by atoms with van der Waals surface area (Å²) in [6.45, 7) is 6.63. The molecule has 0 amide bonds. The van der Waals surface area contributed by atoms with Gasteiger partial charge in [0.25, 0.3) is 0 Å². The lowest BCUT2D eigenvalue weighted by Gasteiger charge is -2.23. The van der Waals surface area contributed by atoms with Crippen molar-refractivity contribution in [3.63, 3.8) is 0 Å². The van der Waals surface area contributed by atoms with E-state index in [-0.39, 0.29) is 16.9 Å². The minimum absolute atomic E-state index is 0.0382. The van der Waals surface area contributed by atoms with Crippen molar-refractivity contribution in [2.75, 3.05) is 0 Å². The monoisotopic (exact) mass is 351 g/mol. The first-order valence-electron chi connectivity index (χ1n) is 7.59. The molecule has 0 saturated heterocycles. The summed E-state index contributed by atoms with van der Waals surface area (Å²) >= 11 is 5.91. The molecule has 0 aliphatic rings. The summed E-state index contributed by atoms with van der Waals surface area (Å²) in [7, 11) is -3.53. The molecular weight excluding hydrogens is 330 g/mol. The van der Waals surface area contributed by atoms with Crippen molar-refractivity contribution < 1.29 is 8.42 Å². The molecule has 0 heterocycles. The van der Waals surface area contributed by atoms with Crippen LogP contribution in [0.4, 0.5) is 0 Å². The predicted octanol–water partition coefficient (Wildman–Crippen LogP) is 4.51. The molecular formula is C18H22ClNO2S. The summed E-state index contributed by atoms with van der Waals surface area (Å²) in [4.78, 5) is 0.273. The number of hydrogen-bond acceptors (Lipinski definition) is 2. The van der Waals surface area contributed by atoms with Gasteiger partial charge in [-0.05, 0) is 47.2 Å². The number of rotatable bonds is 6. The van der Waals surface area contributed by atoms with Crippen molar-refractivity contribution in [1.82, 2.24) is 4.72 Å². The molecule has 1 N–H and O–H groups in total. The Morgan fingerprint density at radius 3 is 2.30 bits per heavy atom. The van der Waals surface area contributed by atoms with E-state index in [1.54, 1.807) is 30.3 Å². The van der Waals surface area contributed by atoms with E-state index in [0.717, 1.165) is 17.5 Å². The van der Waals surface area contributed by atoms with E-state index < -0.39 is 10.0 Å². The molecule has 0 atom stereocenters. The van der Waals surface area contributed by atoms with Gasteiger partial charge in [0.1, 0.15) is 0 Å². The third kappa shape index (κ3) is 4.56. The Balaban J connectivity index is 2.13. The van der Waals surface area contributed by atoms with Crippen LogP contribution >= 0.6 is 11.6 Å². The maximum absolute atomic E-state index is 12.4. The van der Waals surface area contributed by atoms with Gasteiger partial charge in [-0.15, -0.1) is 0 Å². The SMILES string of the molecule is CCC(C)(C)c1ccc(S(=O)(=O)NCc2cccc(Cl)c2)cc1. The number of hydrogen-bond donors (Lipinski definition) is 1. The minimum atomic E-state index is -3.53. The lowest BCUT2D eigenvalue weighted by atomic mass is 9.82. The molecule has 0 unspecified atom stereocenters. The topological polar surface area (TPSA) is 46.2 Å². The fourth-order valence-corrected chi connectivity index (χ4v) is 3.43. The highest BCUT2D eigenvalue weighted by molar-refractivity contribution is 7.89. The van der Waals surface area contributed by atoms with Crippen LogP contribution in [0.2, 0.25) is 5.02 Å². The van der Waals surface area contributed by atoms with E-state index in [0.29, 0.717) is 5.02 Å². The summed E-state index contributed by atoms with van der Waals surface area (Å²) in [6, 6.07) is 14.2. The molecule has 0 aliphatic heterocycles. The van der Waals surface area contributed by atoms with Gasteiger partial charge in [-0.2, -0.15) is 0 Å². The van der Waals surface area contributed by atoms with E-state index in [4.69, 9.17) is 11.6 Å². The highest BCUT2D eigenvalue weighted by Crippen LogP contribution is 2.27. The first kappa shape index (κ1) is 18.0. The van der Waals surface area contributed by atoms with E-state index in [2.05, 4.69) is 25.5 Å². The Bertz CT molecular complexity index is 768. The Kier molecular flexibility index (Phi) is 5.50. The molecule has 2 rings (SSSR count). The van der Waals surface area contributed by atoms with Crippen LogP contribution in [-0.2, 0) is 22.0 Å². The summed E-state index contributed by atoms with van der Waals surface area (Å²) in [6.07, 6.45) is 0.992. The first-order chi connectivity index (χ1) is 10.7. The van der Waals surface area contributed by atoms with Gasteiger partial charge in [-0.3, -0.25) is 0 Å². The van der Waals surface area contributed by atoms with Crippen molar-refractivity contribution in [2.24, 2.45) is 0 Å². The molecule has 5 heteroatoms. The molecule has 0 saturated carbocycles. The summed E-state index contributed by atoms with van der Waals surface area (Å²) < 4.78 is 27.4. The third-order valence-electron chi connectivity index (χ3n) is 4.19. The van der Waals surface area contributed by atoms with Crippen molar-refractivity contribution >= 4 is 21.6 Å². The lowest BCUT2D eigenvalue weighted by molar-refractivity contribution is 0.505. The number of halogens is 1. The summed E-state index contributed by atoms with van der Waals surface area (Å²) in [5.41, 5.74) is 2.00. The van der Waals surface area contributed by atoms with E-state index in [9.17, 15) is 8.42 Å². The molecule has 0 bridgehead atoms. The van der Waals surface area contributed by atoms with Crippen LogP contribution in [-0.4, -0.2) is 8.42 Å². The zero-order valence-corrected chi connectivity index (χ0v) is 15.2. The zero-order valence-electron chi connectivity index (χ0n) is 13.6. The molecule has 0 aromatic heterocycles. The first-order valence-corrected chi connectivity index (χ1v) is 9.45. The fourth-order valence-electron chi connectivity index (χ4n) is 2.20. The van der Waals surface area contributed by atoms with Gasteiger partial charge >= 0.3 is 0 Å². The van der Waals surface area contributed by atoms with Crippen LogP contribution < -0.4 is 4.72 Å². The standard InChI is InChI=1S/C18H22ClNO2S/c1-4-18(2,3)15-8-10-17(11-9-15)23(21,22)20-13-14-6-5-7-16(19)12-14/h5-12,20H,4,13H2,1-3H3.